The molecular weight excluding hydrogens is 438 g/mol. The number of benzene rings is 1. The van der Waals surface area contributed by atoms with E-state index in [1.54, 1.807) is 30.6 Å². The maximum atomic E-state index is 13.0. The van der Waals surface area contributed by atoms with Crippen molar-refractivity contribution in [3.63, 3.8) is 0 Å². The summed E-state index contributed by atoms with van der Waals surface area (Å²) >= 11 is 0. The number of carbonyl (C=O) groups is 1. The van der Waals surface area contributed by atoms with E-state index < -0.39 is 10.0 Å². The van der Waals surface area contributed by atoms with Gasteiger partial charge in [-0.2, -0.15) is 4.31 Å². The fourth-order valence-electron chi connectivity index (χ4n) is 4.18. The Labute approximate surface area is 195 Å². The molecule has 9 heteroatoms. The van der Waals surface area contributed by atoms with Gasteiger partial charge < -0.3 is 9.47 Å². The van der Waals surface area contributed by atoms with Crippen molar-refractivity contribution in [2.45, 2.75) is 57.0 Å². The first-order chi connectivity index (χ1) is 15.8. The van der Waals surface area contributed by atoms with Crippen molar-refractivity contribution in [3.05, 3.63) is 54.1 Å². The molecular formula is C24H31N5O3S. The quantitative estimate of drug-likeness (QED) is 0.455. The molecule has 2 heterocycles. The third kappa shape index (κ3) is 4.94. The fraction of sp³-hybridized carbons (Fsp3) is 0.458. The molecule has 0 radical (unpaired) electrons. The molecule has 1 aromatic carbocycles. The summed E-state index contributed by atoms with van der Waals surface area (Å²) in [5.74, 6) is 0.890. The average Bonchev–Trinajstić information content (AvgIpc) is 3.61. The first-order valence-corrected chi connectivity index (χ1v) is 12.9. The third-order valence-corrected chi connectivity index (χ3v) is 8.31. The summed E-state index contributed by atoms with van der Waals surface area (Å²) in [5.41, 5.74) is 2.56. The molecule has 33 heavy (non-hydrogen) atoms. The van der Waals surface area contributed by atoms with Crippen LogP contribution in [0.4, 0.5) is 0 Å². The Morgan fingerprint density at radius 3 is 2.45 bits per heavy atom. The molecule has 0 unspecified atom stereocenters. The predicted molar refractivity (Wildman–Crippen MR) is 127 cm³/mol. The van der Waals surface area contributed by atoms with Crippen molar-refractivity contribution in [1.29, 1.82) is 0 Å². The molecule has 176 valence electrons. The standard InChI is InChI=1S/C24H31N5O3S/c1-4-28(5-2)33(31,32)20-8-9-22-21(16-20)26-23(27(22)3)10-11-24(30)29(19-6-7-19)17-18-12-14-25-15-13-18/h8-9,12-16,19H,4-7,10-11,17H2,1-3H3. The van der Waals surface area contributed by atoms with Gasteiger partial charge in [-0.05, 0) is 48.7 Å². The van der Waals surface area contributed by atoms with Crippen LogP contribution in [-0.2, 0) is 34.8 Å². The maximum absolute atomic E-state index is 13.0. The number of fused-ring (bicyclic) bond motifs is 1. The largest absolute Gasteiger partial charge is 0.335 e. The number of carbonyl (C=O) groups excluding carboxylic acids is 1. The van der Waals surface area contributed by atoms with E-state index in [4.69, 9.17) is 0 Å². The smallest absolute Gasteiger partial charge is 0.243 e. The van der Waals surface area contributed by atoms with Crippen LogP contribution >= 0.6 is 0 Å². The minimum absolute atomic E-state index is 0.117. The SMILES string of the molecule is CCN(CC)S(=O)(=O)c1ccc2c(c1)nc(CCC(=O)N(Cc1ccncc1)C1CC1)n2C. The number of hydrogen-bond donors (Lipinski definition) is 0. The predicted octanol–water partition coefficient (Wildman–Crippen LogP) is 3.12. The van der Waals surface area contributed by atoms with Crippen molar-refractivity contribution >= 4 is 27.0 Å². The molecule has 1 amide bonds. The van der Waals surface area contributed by atoms with E-state index in [9.17, 15) is 13.2 Å². The van der Waals surface area contributed by atoms with E-state index in [0.717, 1.165) is 29.7 Å². The number of pyridine rings is 1. The monoisotopic (exact) mass is 469 g/mol. The fourth-order valence-corrected chi connectivity index (χ4v) is 5.66. The average molecular weight is 470 g/mol. The summed E-state index contributed by atoms with van der Waals surface area (Å²) in [5, 5.41) is 0. The molecule has 4 rings (SSSR count). The van der Waals surface area contributed by atoms with Gasteiger partial charge in [-0.15, -0.1) is 0 Å². The van der Waals surface area contributed by atoms with E-state index in [-0.39, 0.29) is 10.8 Å². The van der Waals surface area contributed by atoms with Gasteiger partial charge in [-0.3, -0.25) is 9.78 Å². The zero-order valence-corrected chi connectivity index (χ0v) is 20.3. The van der Waals surface area contributed by atoms with Crippen LogP contribution in [-0.4, -0.2) is 57.2 Å². The van der Waals surface area contributed by atoms with Gasteiger partial charge in [0.05, 0.1) is 15.9 Å². The van der Waals surface area contributed by atoms with Crippen LogP contribution in [0.25, 0.3) is 11.0 Å². The summed E-state index contributed by atoms with van der Waals surface area (Å²) in [7, 11) is -1.64. The van der Waals surface area contributed by atoms with E-state index in [0.29, 0.717) is 44.0 Å². The highest BCUT2D eigenvalue weighted by molar-refractivity contribution is 7.89. The Morgan fingerprint density at radius 2 is 1.82 bits per heavy atom. The molecule has 1 saturated carbocycles. The summed E-state index contributed by atoms with van der Waals surface area (Å²) < 4.78 is 29.1. The van der Waals surface area contributed by atoms with Crippen molar-refractivity contribution < 1.29 is 13.2 Å². The molecule has 3 aromatic rings. The Kier molecular flexibility index (Phi) is 6.81. The number of nitrogens with zero attached hydrogens (tertiary/aromatic N) is 5. The lowest BCUT2D eigenvalue weighted by Crippen LogP contribution is -2.32. The van der Waals surface area contributed by atoms with E-state index in [2.05, 4.69) is 9.97 Å². The Morgan fingerprint density at radius 1 is 1.12 bits per heavy atom. The van der Waals surface area contributed by atoms with E-state index in [1.807, 2.05) is 42.5 Å². The van der Waals surface area contributed by atoms with Crippen LogP contribution in [0.5, 0.6) is 0 Å². The number of aryl methyl sites for hydroxylation is 2. The molecule has 1 fully saturated rings. The molecule has 0 bridgehead atoms. The molecule has 2 aromatic heterocycles. The zero-order valence-electron chi connectivity index (χ0n) is 19.4. The summed E-state index contributed by atoms with van der Waals surface area (Å²) in [6, 6.07) is 9.27. The Bertz CT molecular complexity index is 1230. The molecule has 1 aliphatic rings. The van der Waals surface area contributed by atoms with Crippen molar-refractivity contribution in [2.75, 3.05) is 13.1 Å². The van der Waals surface area contributed by atoms with Crippen LogP contribution in [0.15, 0.2) is 47.6 Å². The molecule has 0 N–H and O–H groups in total. The van der Waals surface area contributed by atoms with E-state index in [1.165, 1.54) is 4.31 Å². The number of rotatable bonds is 10. The molecule has 0 saturated heterocycles. The number of aromatic nitrogens is 3. The van der Waals surface area contributed by atoms with Gasteiger partial charge in [0.25, 0.3) is 0 Å². The molecule has 0 atom stereocenters. The van der Waals surface area contributed by atoms with Gasteiger partial charge in [-0.1, -0.05) is 13.8 Å². The first kappa shape index (κ1) is 23.4. The van der Waals surface area contributed by atoms with Crippen molar-refractivity contribution in [1.82, 2.24) is 23.7 Å². The van der Waals surface area contributed by atoms with Gasteiger partial charge in [0.2, 0.25) is 15.9 Å². The molecule has 0 aliphatic heterocycles. The van der Waals surface area contributed by atoms with E-state index >= 15 is 0 Å². The second kappa shape index (κ2) is 9.61. The second-order valence-electron chi connectivity index (χ2n) is 8.44. The number of hydrogen-bond acceptors (Lipinski definition) is 5. The van der Waals surface area contributed by atoms with Gasteiger partial charge in [-0.25, -0.2) is 13.4 Å². The first-order valence-electron chi connectivity index (χ1n) is 11.5. The lowest BCUT2D eigenvalue weighted by atomic mass is 10.2. The van der Waals surface area contributed by atoms with Gasteiger partial charge in [0.15, 0.2) is 0 Å². The van der Waals surface area contributed by atoms with Crippen LogP contribution < -0.4 is 0 Å². The Balaban J connectivity index is 1.50. The molecule has 1 aliphatic carbocycles. The Hall–Kier alpha value is -2.78. The van der Waals surface area contributed by atoms with Crippen molar-refractivity contribution in [3.8, 4) is 0 Å². The maximum Gasteiger partial charge on any atom is 0.243 e. The summed E-state index contributed by atoms with van der Waals surface area (Å²) in [6.45, 7) is 5.10. The van der Waals surface area contributed by atoms with Crippen LogP contribution in [0.2, 0.25) is 0 Å². The van der Waals surface area contributed by atoms with Gasteiger partial charge in [0, 0.05) is 58.0 Å². The summed E-state index contributed by atoms with van der Waals surface area (Å²) in [6.07, 6.45) is 6.46. The topological polar surface area (TPSA) is 88.4 Å². The molecule has 8 nitrogen and oxygen atoms in total. The van der Waals surface area contributed by atoms with Crippen LogP contribution in [0.1, 0.15) is 44.5 Å². The lowest BCUT2D eigenvalue weighted by Gasteiger charge is -2.22. The number of amides is 1. The minimum Gasteiger partial charge on any atom is -0.335 e. The second-order valence-corrected chi connectivity index (χ2v) is 10.4. The lowest BCUT2D eigenvalue weighted by molar-refractivity contribution is -0.132. The van der Waals surface area contributed by atoms with Gasteiger partial charge >= 0.3 is 0 Å². The third-order valence-electron chi connectivity index (χ3n) is 6.26. The highest BCUT2D eigenvalue weighted by Gasteiger charge is 2.32. The highest BCUT2D eigenvalue weighted by Crippen LogP contribution is 2.29. The van der Waals surface area contributed by atoms with Crippen LogP contribution in [0.3, 0.4) is 0 Å². The number of sulfonamides is 1. The minimum atomic E-state index is -3.55. The molecule has 0 spiro atoms. The highest BCUT2D eigenvalue weighted by atomic mass is 32.2. The number of imidazole rings is 1. The van der Waals surface area contributed by atoms with Crippen LogP contribution in [0, 0.1) is 0 Å². The zero-order chi connectivity index (χ0) is 23.6. The van der Waals surface area contributed by atoms with Gasteiger partial charge in [0.1, 0.15) is 5.82 Å². The summed E-state index contributed by atoms with van der Waals surface area (Å²) in [4.78, 5) is 24.0. The van der Waals surface area contributed by atoms with Crippen molar-refractivity contribution in [2.24, 2.45) is 7.05 Å². The normalized spacial score (nSPS) is 14.2.